The first-order valence-corrected chi connectivity index (χ1v) is 26.8. The molecule has 31 atom stereocenters. The number of hydrogen-bond donors (Lipinski definition) is 13. The highest BCUT2D eigenvalue weighted by Gasteiger charge is 2.69. The van der Waals surface area contributed by atoms with Gasteiger partial charge in [0.05, 0.1) is 38.6 Å². The lowest BCUT2D eigenvalue weighted by atomic mass is 9.44. The Balaban J connectivity index is 0.812. The molecule has 72 heavy (non-hydrogen) atoms. The van der Waals surface area contributed by atoms with E-state index in [1.807, 2.05) is 0 Å². The Labute approximate surface area is 420 Å². The second-order valence-electron chi connectivity index (χ2n) is 24.0. The lowest BCUT2D eigenvalue weighted by Gasteiger charge is -2.61. The molecule has 1 spiro atoms. The molecule has 0 amide bonds. The Morgan fingerprint density at radius 3 is 1.88 bits per heavy atom. The van der Waals surface area contributed by atoms with E-state index < -0.39 is 143 Å². The van der Waals surface area contributed by atoms with E-state index in [2.05, 4.69) is 33.0 Å². The first-order valence-electron chi connectivity index (χ1n) is 26.8. The van der Waals surface area contributed by atoms with Gasteiger partial charge in [0.15, 0.2) is 25.2 Å². The van der Waals surface area contributed by atoms with Crippen LogP contribution in [0, 0.1) is 52.3 Å². The van der Waals surface area contributed by atoms with E-state index in [4.69, 9.17) is 42.6 Å². The number of rotatable bonds is 11. The third-order valence-corrected chi connectivity index (χ3v) is 20.2. The number of piperidine rings is 1. The standard InChI is InChI=1S/C50H83NO21/c1-20-7-12-50(51-15-20)21(2)32-28(72-50)14-26-24-6-5-22-13-23(8-10-48(22,3)25(24)9-11-49(26,32)4)65-45-40(63)37(60)41(31(18-54)68-45)69-47-43(71-46-39(62)36(59)34(57)29(16-52)66-46)42(35(58)30(17-53)67-47)70-44-38(61)33(56)27(55)19-64-44/h20-47,51-63H,5-19H2,1-4H3/t20-,21-,22-,23-,24+,25-,26-,27+,28-,29+,30+,31+,32-,33-,34+,35+,36-,37+,38+,39+,40+,41-,42-,43+,44-,45+,46-,47-,48-,49-,50?/m0/s1. The maximum absolute atomic E-state index is 11.8. The third-order valence-electron chi connectivity index (χ3n) is 20.2. The van der Waals surface area contributed by atoms with Crippen LogP contribution in [0.25, 0.3) is 0 Å². The average molecular weight is 1030 g/mol. The molecular formula is C50H83NO21. The summed E-state index contributed by atoms with van der Waals surface area (Å²) in [5.41, 5.74) is 0.147. The molecule has 22 nitrogen and oxygen atoms in total. The predicted octanol–water partition coefficient (Wildman–Crippen LogP) is -2.70. The maximum Gasteiger partial charge on any atom is 0.187 e. The van der Waals surface area contributed by atoms with Crippen molar-refractivity contribution >= 4 is 0 Å². The number of nitrogens with one attached hydrogen (secondary N) is 1. The smallest absolute Gasteiger partial charge is 0.187 e. The van der Waals surface area contributed by atoms with Crippen LogP contribution in [0.5, 0.6) is 0 Å². The van der Waals surface area contributed by atoms with Crippen molar-refractivity contribution in [1.29, 1.82) is 0 Å². The molecular weight excluding hydrogens is 951 g/mol. The van der Waals surface area contributed by atoms with Gasteiger partial charge >= 0.3 is 0 Å². The number of aliphatic hydroxyl groups excluding tert-OH is 12. The SMILES string of the molecule is C[C@H]1CCC2(NC1)O[C@H]1C[C@H]3[C@@H]4CC[C@H]5C[C@@H](O[C@@H]6O[C@H](CO)[C@H](O[C@@H]7O[C@H](CO)[C@@H](O)[C@H](O[C@@H]8OC[C@@H](O)[C@H](O)[C@H]8O)[C@H]7O[C@@H]7O[C@H](CO)[C@@H](O)[C@H](O)[C@H]7O)[C@H](O)[C@H]6O)CC[C@]5(C)[C@H]4CC[C@]3(C)[C@H]1[C@@H]2C. The van der Waals surface area contributed by atoms with Gasteiger partial charge < -0.3 is 104 Å². The van der Waals surface area contributed by atoms with Gasteiger partial charge in [-0.15, -0.1) is 0 Å². The Kier molecular flexibility index (Phi) is 15.9. The number of aliphatic hydroxyl groups is 12. The van der Waals surface area contributed by atoms with Crippen LogP contribution in [0.1, 0.15) is 91.9 Å². The van der Waals surface area contributed by atoms with Crippen molar-refractivity contribution in [2.24, 2.45) is 52.3 Å². The summed E-state index contributed by atoms with van der Waals surface area (Å²) in [7, 11) is 0. The van der Waals surface area contributed by atoms with Crippen molar-refractivity contribution in [1.82, 2.24) is 5.32 Å². The van der Waals surface area contributed by atoms with Crippen LogP contribution in [0.15, 0.2) is 0 Å². The van der Waals surface area contributed by atoms with Gasteiger partial charge in [-0.05, 0) is 111 Å². The predicted molar refractivity (Wildman–Crippen MR) is 244 cm³/mol. The van der Waals surface area contributed by atoms with E-state index in [-0.39, 0.29) is 28.8 Å². The molecule has 6 heterocycles. The van der Waals surface area contributed by atoms with E-state index in [0.717, 1.165) is 45.1 Å². The highest BCUT2D eigenvalue weighted by molar-refractivity contribution is 5.16. The molecule has 0 radical (unpaired) electrons. The molecule has 6 saturated heterocycles. The number of fused-ring (bicyclic) bond motifs is 7. The molecule has 10 aliphatic rings. The van der Waals surface area contributed by atoms with Gasteiger partial charge in [-0.2, -0.15) is 0 Å². The van der Waals surface area contributed by atoms with Crippen molar-refractivity contribution in [3.63, 3.8) is 0 Å². The molecule has 6 aliphatic heterocycles. The minimum atomic E-state index is -1.99. The second kappa shape index (κ2) is 21.1. The lowest BCUT2D eigenvalue weighted by Crippen LogP contribution is -2.68. The maximum atomic E-state index is 11.8. The Morgan fingerprint density at radius 2 is 1.17 bits per heavy atom. The monoisotopic (exact) mass is 1030 g/mol. The topological polar surface area (TPSA) is 338 Å². The van der Waals surface area contributed by atoms with Crippen LogP contribution >= 0.6 is 0 Å². The van der Waals surface area contributed by atoms with Crippen molar-refractivity contribution in [3.8, 4) is 0 Å². The molecule has 1 unspecified atom stereocenters. The summed E-state index contributed by atoms with van der Waals surface area (Å²) in [5, 5.41) is 133. The molecule has 0 aromatic heterocycles. The number of ether oxygens (including phenoxy) is 9. The zero-order chi connectivity index (χ0) is 51.3. The molecule has 10 rings (SSSR count). The summed E-state index contributed by atoms with van der Waals surface area (Å²) >= 11 is 0. The largest absolute Gasteiger partial charge is 0.394 e. The van der Waals surface area contributed by atoms with E-state index in [1.54, 1.807) is 0 Å². The summed E-state index contributed by atoms with van der Waals surface area (Å²) in [6.07, 6.45) is -22.4. The summed E-state index contributed by atoms with van der Waals surface area (Å²) < 4.78 is 55.0. The van der Waals surface area contributed by atoms with Crippen molar-refractivity contribution in [2.45, 2.75) is 227 Å². The van der Waals surface area contributed by atoms with E-state index in [1.165, 1.54) is 19.3 Å². The summed E-state index contributed by atoms with van der Waals surface area (Å²) in [4.78, 5) is 0. The van der Waals surface area contributed by atoms with Crippen LogP contribution in [0.3, 0.4) is 0 Å². The van der Waals surface area contributed by atoms with Gasteiger partial charge in [-0.25, -0.2) is 0 Å². The zero-order valence-electron chi connectivity index (χ0n) is 41.8. The normalized spacial score (nSPS) is 57.8. The van der Waals surface area contributed by atoms with E-state index >= 15 is 0 Å². The fourth-order valence-electron chi connectivity index (χ4n) is 16.1. The Hall–Kier alpha value is -0.880. The van der Waals surface area contributed by atoms with Crippen molar-refractivity contribution < 1.29 is 104 Å². The highest BCUT2D eigenvalue weighted by Crippen LogP contribution is 2.71. The minimum Gasteiger partial charge on any atom is -0.394 e. The highest BCUT2D eigenvalue weighted by atomic mass is 16.8. The van der Waals surface area contributed by atoms with Crippen molar-refractivity contribution in [2.75, 3.05) is 33.0 Å². The van der Waals surface area contributed by atoms with Crippen LogP contribution in [-0.4, -0.2) is 229 Å². The molecule has 0 aromatic carbocycles. The van der Waals surface area contributed by atoms with Crippen LogP contribution in [-0.2, 0) is 42.6 Å². The molecule has 0 aromatic rings. The zero-order valence-corrected chi connectivity index (χ0v) is 41.8. The fourth-order valence-corrected chi connectivity index (χ4v) is 16.1. The molecule has 414 valence electrons. The van der Waals surface area contributed by atoms with Crippen LogP contribution in [0.4, 0.5) is 0 Å². The van der Waals surface area contributed by atoms with Gasteiger partial charge in [0.2, 0.25) is 0 Å². The van der Waals surface area contributed by atoms with Gasteiger partial charge in [-0.3, -0.25) is 5.32 Å². The van der Waals surface area contributed by atoms with Gasteiger partial charge in [0.1, 0.15) is 97.3 Å². The molecule has 4 saturated carbocycles. The van der Waals surface area contributed by atoms with Gasteiger partial charge in [0, 0.05) is 12.5 Å². The molecule has 10 fully saturated rings. The quantitative estimate of drug-likeness (QED) is 0.0937. The molecule has 0 bridgehead atoms. The lowest BCUT2D eigenvalue weighted by molar-refractivity contribution is -0.404. The molecule has 13 N–H and O–H groups in total. The van der Waals surface area contributed by atoms with Crippen LogP contribution in [0.2, 0.25) is 0 Å². The van der Waals surface area contributed by atoms with Crippen LogP contribution < -0.4 is 5.32 Å². The van der Waals surface area contributed by atoms with Gasteiger partial charge in [-0.1, -0.05) is 27.7 Å². The van der Waals surface area contributed by atoms with E-state index in [0.29, 0.717) is 47.8 Å². The minimum absolute atomic E-state index is 0.104. The first kappa shape index (κ1) is 54.5. The molecule has 22 heteroatoms. The average Bonchev–Trinajstić information content (AvgIpc) is 3.82. The van der Waals surface area contributed by atoms with E-state index in [9.17, 15) is 61.3 Å². The fraction of sp³-hybridized carbons (Fsp3) is 1.00. The van der Waals surface area contributed by atoms with Crippen molar-refractivity contribution in [3.05, 3.63) is 0 Å². The molecule has 4 aliphatic carbocycles. The first-order chi connectivity index (χ1) is 34.3. The van der Waals surface area contributed by atoms with Gasteiger partial charge in [0.25, 0.3) is 0 Å². The Morgan fingerprint density at radius 1 is 0.542 bits per heavy atom. The number of hydrogen-bond acceptors (Lipinski definition) is 22. The third kappa shape index (κ3) is 9.26. The second-order valence-corrected chi connectivity index (χ2v) is 24.0. The summed E-state index contributed by atoms with van der Waals surface area (Å²) in [6, 6.07) is 0. The summed E-state index contributed by atoms with van der Waals surface area (Å²) in [6.45, 7) is 7.84. The summed E-state index contributed by atoms with van der Waals surface area (Å²) in [5.74, 6) is 3.87. The Bertz CT molecular complexity index is 1830.